The Bertz CT molecular complexity index is 1270. The quantitative estimate of drug-likeness (QED) is 0.381. The van der Waals surface area contributed by atoms with Gasteiger partial charge in [0.15, 0.2) is 5.82 Å². The molecule has 0 saturated carbocycles. The molecule has 0 atom stereocenters. The van der Waals surface area contributed by atoms with Gasteiger partial charge >= 0.3 is 0 Å². The van der Waals surface area contributed by atoms with Crippen molar-refractivity contribution >= 4 is 38.7 Å². The van der Waals surface area contributed by atoms with Gasteiger partial charge in [0.2, 0.25) is 0 Å². The lowest BCUT2D eigenvalue weighted by atomic mass is 10.0. The molecule has 0 amide bonds. The van der Waals surface area contributed by atoms with Crippen molar-refractivity contribution in [2.45, 2.75) is 19.8 Å². The van der Waals surface area contributed by atoms with Crippen LogP contribution in [0.4, 0.5) is 21.6 Å². The first-order valence-corrected chi connectivity index (χ1v) is 12.5. The van der Waals surface area contributed by atoms with Crippen LogP contribution in [0, 0.1) is 5.82 Å². The lowest BCUT2D eigenvalue weighted by molar-refractivity contribution is 0.271. The van der Waals surface area contributed by atoms with E-state index in [4.69, 9.17) is 0 Å². The Morgan fingerprint density at radius 3 is 2.53 bits per heavy atom. The van der Waals surface area contributed by atoms with Crippen LogP contribution in [0.25, 0.3) is 10.2 Å². The van der Waals surface area contributed by atoms with Gasteiger partial charge in [-0.05, 0) is 78.4 Å². The van der Waals surface area contributed by atoms with Crippen molar-refractivity contribution in [2.75, 3.05) is 42.9 Å². The van der Waals surface area contributed by atoms with Crippen molar-refractivity contribution in [3.63, 3.8) is 0 Å². The largest absolute Gasteiger partial charge is 0.508 e. The molecular formula is C26H28FN5OS. The van der Waals surface area contributed by atoms with E-state index in [1.54, 1.807) is 17.7 Å². The molecule has 0 bridgehead atoms. The van der Waals surface area contributed by atoms with E-state index in [-0.39, 0.29) is 11.6 Å². The number of aromatic hydroxyl groups is 1. The summed E-state index contributed by atoms with van der Waals surface area (Å²) in [7, 11) is 0. The second-order valence-electron chi connectivity index (χ2n) is 8.53. The molecule has 1 fully saturated rings. The number of aromatic nitrogens is 2. The number of rotatable bonds is 7. The van der Waals surface area contributed by atoms with Gasteiger partial charge in [-0.3, -0.25) is 0 Å². The van der Waals surface area contributed by atoms with Crippen LogP contribution in [0.2, 0.25) is 0 Å². The number of benzene rings is 2. The highest BCUT2D eigenvalue weighted by Crippen LogP contribution is 2.32. The van der Waals surface area contributed by atoms with E-state index in [1.807, 2.05) is 0 Å². The van der Waals surface area contributed by atoms with Crippen LogP contribution in [0.1, 0.15) is 18.1 Å². The predicted molar refractivity (Wildman–Crippen MR) is 137 cm³/mol. The Labute approximate surface area is 202 Å². The lowest BCUT2D eigenvalue weighted by Gasteiger charge is -2.35. The van der Waals surface area contributed by atoms with Crippen LogP contribution < -0.4 is 10.2 Å². The third-order valence-corrected chi connectivity index (χ3v) is 7.47. The first kappa shape index (κ1) is 22.6. The van der Waals surface area contributed by atoms with Gasteiger partial charge in [0.1, 0.15) is 17.9 Å². The van der Waals surface area contributed by atoms with Crippen LogP contribution in [0.3, 0.4) is 0 Å². The zero-order valence-electron chi connectivity index (χ0n) is 19.2. The van der Waals surface area contributed by atoms with Gasteiger partial charge in [-0.1, -0.05) is 6.92 Å². The number of fused-ring (bicyclic) bond motifs is 1. The maximum atomic E-state index is 13.5. The highest BCUT2D eigenvalue weighted by Gasteiger charge is 2.16. The Kier molecular flexibility index (Phi) is 6.60. The van der Waals surface area contributed by atoms with Gasteiger partial charge in [-0.2, -0.15) is 0 Å². The molecule has 6 nitrogen and oxygen atoms in total. The topological polar surface area (TPSA) is 64.5 Å². The third kappa shape index (κ3) is 4.83. The number of hydrogen-bond acceptors (Lipinski definition) is 7. The number of piperazine rings is 1. The Hall–Kier alpha value is -3.23. The number of aryl methyl sites for hydroxylation is 2. The summed E-state index contributed by atoms with van der Waals surface area (Å²) in [6.45, 7) is 7.65. The first-order chi connectivity index (χ1) is 16.6. The fourth-order valence-electron chi connectivity index (χ4n) is 4.40. The molecule has 1 aliphatic heterocycles. The molecule has 1 saturated heterocycles. The minimum Gasteiger partial charge on any atom is -0.508 e. The Morgan fingerprint density at radius 2 is 1.76 bits per heavy atom. The average molecular weight is 478 g/mol. The molecule has 2 aromatic heterocycles. The normalized spacial score (nSPS) is 14.6. The molecule has 0 aliphatic carbocycles. The second-order valence-corrected chi connectivity index (χ2v) is 9.41. The number of hydrogen-bond donors (Lipinski definition) is 2. The number of halogens is 1. The Balaban J connectivity index is 1.28. The number of phenols is 1. The summed E-state index contributed by atoms with van der Waals surface area (Å²) in [6, 6.07) is 12.6. The van der Waals surface area contributed by atoms with E-state index in [1.165, 1.54) is 23.9 Å². The summed E-state index contributed by atoms with van der Waals surface area (Å²) in [5.41, 5.74) is 4.78. The van der Waals surface area contributed by atoms with E-state index < -0.39 is 0 Å². The SMILES string of the molecule is CCN1CCN(c2ccc(Nc3ncnc4c(CCc5cc(F)ccc5O)csc34)cc2)CC1. The Morgan fingerprint density at radius 1 is 1.00 bits per heavy atom. The number of thiophene rings is 1. The highest BCUT2D eigenvalue weighted by atomic mass is 32.1. The summed E-state index contributed by atoms with van der Waals surface area (Å²) >= 11 is 1.59. The monoisotopic (exact) mass is 477 g/mol. The molecular weight excluding hydrogens is 449 g/mol. The maximum Gasteiger partial charge on any atom is 0.151 e. The van der Waals surface area contributed by atoms with E-state index in [9.17, 15) is 9.50 Å². The van der Waals surface area contributed by atoms with E-state index in [2.05, 4.69) is 61.7 Å². The fourth-order valence-corrected chi connectivity index (χ4v) is 5.40. The number of anilines is 3. The lowest BCUT2D eigenvalue weighted by Crippen LogP contribution is -2.46. The van der Waals surface area contributed by atoms with Crippen LogP contribution in [-0.4, -0.2) is 52.7 Å². The van der Waals surface area contributed by atoms with Crippen molar-refractivity contribution < 1.29 is 9.50 Å². The van der Waals surface area contributed by atoms with Crippen molar-refractivity contribution in [3.8, 4) is 5.75 Å². The number of phenolic OH excluding ortho intramolecular Hbond substituents is 1. The summed E-state index contributed by atoms with van der Waals surface area (Å²) in [5, 5.41) is 15.5. The maximum absolute atomic E-state index is 13.5. The van der Waals surface area contributed by atoms with Crippen molar-refractivity contribution in [3.05, 3.63) is 71.1 Å². The van der Waals surface area contributed by atoms with Gasteiger partial charge in [-0.15, -0.1) is 11.3 Å². The zero-order chi connectivity index (χ0) is 23.5. The minimum absolute atomic E-state index is 0.119. The minimum atomic E-state index is -0.342. The molecule has 176 valence electrons. The van der Waals surface area contributed by atoms with Gasteiger partial charge in [0, 0.05) is 37.6 Å². The standard InChI is InChI=1S/C26H28FN5OS/c1-2-31-11-13-32(14-12-31)22-8-6-21(7-9-22)30-26-25-24(28-17-29-26)19(16-34-25)4-3-18-15-20(27)5-10-23(18)33/h5-10,15-17,33H,2-4,11-14H2,1H3,(H,28,29,30). The average Bonchev–Trinajstić information content (AvgIpc) is 3.29. The highest BCUT2D eigenvalue weighted by molar-refractivity contribution is 7.18. The van der Waals surface area contributed by atoms with Crippen molar-refractivity contribution in [1.82, 2.24) is 14.9 Å². The number of nitrogens with one attached hydrogen (secondary N) is 1. The van der Waals surface area contributed by atoms with Gasteiger partial charge in [-0.25, -0.2) is 14.4 Å². The molecule has 0 radical (unpaired) electrons. The molecule has 3 heterocycles. The van der Waals surface area contributed by atoms with Crippen LogP contribution in [0.15, 0.2) is 54.2 Å². The fraction of sp³-hybridized carbons (Fsp3) is 0.308. The van der Waals surface area contributed by atoms with Gasteiger partial charge < -0.3 is 20.2 Å². The van der Waals surface area contributed by atoms with Crippen LogP contribution in [0.5, 0.6) is 5.75 Å². The molecule has 2 N–H and O–H groups in total. The second kappa shape index (κ2) is 9.95. The van der Waals surface area contributed by atoms with Crippen molar-refractivity contribution in [1.29, 1.82) is 0 Å². The molecule has 2 aromatic carbocycles. The number of nitrogens with zero attached hydrogens (tertiary/aromatic N) is 4. The van der Waals surface area contributed by atoms with E-state index in [0.717, 1.165) is 60.0 Å². The summed E-state index contributed by atoms with van der Waals surface area (Å²) in [6.07, 6.45) is 2.77. The number of likely N-dealkylation sites (N-methyl/N-ethyl adjacent to an activating group) is 1. The van der Waals surface area contributed by atoms with Crippen LogP contribution in [-0.2, 0) is 12.8 Å². The summed E-state index contributed by atoms with van der Waals surface area (Å²) in [5.74, 6) is 0.554. The summed E-state index contributed by atoms with van der Waals surface area (Å²) in [4.78, 5) is 13.9. The molecule has 1 aliphatic rings. The van der Waals surface area contributed by atoms with E-state index in [0.29, 0.717) is 18.4 Å². The first-order valence-electron chi connectivity index (χ1n) is 11.6. The molecule has 0 unspecified atom stereocenters. The third-order valence-electron chi connectivity index (χ3n) is 6.45. The zero-order valence-corrected chi connectivity index (χ0v) is 20.0. The smallest absolute Gasteiger partial charge is 0.151 e. The molecule has 8 heteroatoms. The molecule has 0 spiro atoms. The van der Waals surface area contributed by atoms with Crippen molar-refractivity contribution in [2.24, 2.45) is 0 Å². The summed E-state index contributed by atoms with van der Waals surface area (Å²) < 4.78 is 14.5. The molecule has 34 heavy (non-hydrogen) atoms. The van der Waals surface area contributed by atoms with Gasteiger partial charge in [0.25, 0.3) is 0 Å². The molecule has 5 rings (SSSR count). The van der Waals surface area contributed by atoms with Gasteiger partial charge in [0.05, 0.1) is 10.2 Å². The van der Waals surface area contributed by atoms with E-state index >= 15 is 0 Å². The predicted octanol–water partition coefficient (Wildman–Crippen LogP) is 5.21. The molecule has 4 aromatic rings. The van der Waals surface area contributed by atoms with Crippen LogP contribution >= 0.6 is 11.3 Å².